The van der Waals surface area contributed by atoms with Gasteiger partial charge in [-0.1, -0.05) is 30.3 Å². The summed E-state index contributed by atoms with van der Waals surface area (Å²) in [5.41, 5.74) is 9.13. The van der Waals surface area contributed by atoms with Gasteiger partial charge in [-0.15, -0.1) is 0 Å². The second-order valence-corrected chi connectivity index (χ2v) is 8.64. The zero-order valence-electron chi connectivity index (χ0n) is 18.6. The number of amides is 2. The Labute approximate surface area is 192 Å². The van der Waals surface area contributed by atoms with Crippen molar-refractivity contribution in [2.75, 3.05) is 23.7 Å². The number of anilines is 2. The number of nitrogens with zero attached hydrogens (tertiary/aromatic N) is 5. The molecule has 2 aromatic heterocycles. The third kappa shape index (κ3) is 4.04. The van der Waals surface area contributed by atoms with Crippen LogP contribution in [0.3, 0.4) is 0 Å². The molecular formula is C25H26N6O2. The topological polar surface area (TPSA) is 105 Å². The number of nitrogen functional groups attached to an aromatic ring is 1. The molecule has 8 heteroatoms. The van der Waals surface area contributed by atoms with E-state index in [0.29, 0.717) is 43.3 Å². The van der Waals surface area contributed by atoms with E-state index in [-0.39, 0.29) is 23.6 Å². The fourth-order valence-corrected chi connectivity index (χ4v) is 4.65. The quantitative estimate of drug-likeness (QED) is 0.666. The van der Waals surface area contributed by atoms with Crippen LogP contribution in [-0.4, -0.2) is 44.8 Å². The largest absolute Gasteiger partial charge is 0.383 e. The highest BCUT2D eigenvalue weighted by Crippen LogP contribution is 2.34. The number of nitrogens with two attached hydrogens (primary N) is 1. The van der Waals surface area contributed by atoms with Crippen LogP contribution in [0, 0.1) is 6.92 Å². The highest BCUT2D eigenvalue weighted by molar-refractivity contribution is 6.00. The lowest BCUT2D eigenvalue weighted by molar-refractivity contribution is -0.117. The van der Waals surface area contributed by atoms with Crippen molar-refractivity contribution in [3.8, 4) is 0 Å². The third-order valence-corrected chi connectivity index (χ3v) is 6.42. The normalized spacial score (nSPS) is 17.8. The van der Waals surface area contributed by atoms with Crippen LogP contribution >= 0.6 is 0 Å². The summed E-state index contributed by atoms with van der Waals surface area (Å²) in [6.45, 7) is 3.59. The number of hydrogen-bond acceptors (Lipinski definition) is 6. The molecule has 2 amide bonds. The lowest BCUT2D eigenvalue weighted by Crippen LogP contribution is -2.40. The van der Waals surface area contributed by atoms with Gasteiger partial charge in [-0.05, 0) is 37.5 Å². The molecule has 0 bridgehead atoms. The molecule has 4 heterocycles. The molecule has 1 fully saturated rings. The van der Waals surface area contributed by atoms with Crippen LogP contribution < -0.4 is 10.6 Å². The first-order chi connectivity index (χ1) is 16.0. The maximum Gasteiger partial charge on any atom is 0.257 e. The van der Waals surface area contributed by atoms with E-state index in [4.69, 9.17) is 15.7 Å². The van der Waals surface area contributed by atoms with Gasteiger partial charge in [-0.25, -0.2) is 15.0 Å². The Hall–Kier alpha value is -3.81. The number of hydrogen-bond donors (Lipinski definition) is 1. The third-order valence-electron chi connectivity index (χ3n) is 6.42. The van der Waals surface area contributed by atoms with Gasteiger partial charge in [0.2, 0.25) is 5.91 Å². The number of carbonyl (C=O) groups is 2. The van der Waals surface area contributed by atoms with Crippen LogP contribution in [0.15, 0.2) is 48.7 Å². The Kier molecular flexibility index (Phi) is 5.50. The highest BCUT2D eigenvalue weighted by Gasteiger charge is 2.34. The van der Waals surface area contributed by atoms with Crippen molar-refractivity contribution in [2.45, 2.75) is 38.6 Å². The Bertz CT molecular complexity index is 1210. The summed E-state index contributed by atoms with van der Waals surface area (Å²) in [5, 5.41) is 0. The number of rotatable bonds is 4. The number of aromatic nitrogens is 3. The zero-order chi connectivity index (χ0) is 22.9. The molecule has 0 spiro atoms. The average molecular weight is 443 g/mol. The first kappa shape index (κ1) is 21.1. The lowest BCUT2D eigenvalue weighted by Gasteiger charge is -2.32. The van der Waals surface area contributed by atoms with Crippen LogP contribution in [0.5, 0.6) is 0 Å². The number of likely N-dealkylation sites (tertiary alicyclic amines) is 1. The Morgan fingerprint density at radius 2 is 1.97 bits per heavy atom. The number of benzene rings is 1. The maximum absolute atomic E-state index is 13.1. The maximum atomic E-state index is 13.1. The molecule has 0 radical (unpaired) electrons. The van der Waals surface area contributed by atoms with Gasteiger partial charge in [-0.2, -0.15) is 0 Å². The zero-order valence-corrected chi connectivity index (χ0v) is 18.6. The van der Waals surface area contributed by atoms with E-state index in [2.05, 4.69) is 4.98 Å². The predicted octanol–water partition coefficient (Wildman–Crippen LogP) is 2.87. The van der Waals surface area contributed by atoms with Gasteiger partial charge in [0.1, 0.15) is 17.5 Å². The molecule has 2 N–H and O–H groups in total. The van der Waals surface area contributed by atoms with Crippen LogP contribution in [0.2, 0.25) is 0 Å². The Balaban J connectivity index is 1.41. The molecule has 2 aliphatic heterocycles. The van der Waals surface area contributed by atoms with Gasteiger partial charge < -0.3 is 10.6 Å². The Morgan fingerprint density at radius 1 is 1.15 bits per heavy atom. The molecule has 0 unspecified atom stereocenters. The molecule has 3 aromatic rings. The molecule has 0 saturated carbocycles. The summed E-state index contributed by atoms with van der Waals surface area (Å²) < 4.78 is 0. The van der Waals surface area contributed by atoms with Crippen LogP contribution in [0.1, 0.15) is 51.8 Å². The minimum Gasteiger partial charge on any atom is -0.383 e. The van der Waals surface area contributed by atoms with Crippen LogP contribution in [0.25, 0.3) is 0 Å². The van der Waals surface area contributed by atoms with E-state index in [1.165, 1.54) is 0 Å². The van der Waals surface area contributed by atoms with E-state index in [9.17, 15) is 9.59 Å². The number of aryl methyl sites for hydroxylation is 1. The molecule has 1 atom stereocenters. The monoisotopic (exact) mass is 442 g/mol. The lowest BCUT2D eigenvalue weighted by atomic mass is 9.96. The average Bonchev–Trinajstić information content (AvgIpc) is 3.15. The van der Waals surface area contributed by atoms with Gasteiger partial charge >= 0.3 is 0 Å². The Morgan fingerprint density at radius 3 is 2.76 bits per heavy atom. The summed E-state index contributed by atoms with van der Waals surface area (Å²) in [6, 6.07) is 13.3. The van der Waals surface area contributed by atoms with Crippen molar-refractivity contribution in [1.29, 1.82) is 0 Å². The number of carbonyl (C=O) groups excluding carboxylic acids is 2. The summed E-state index contributed by atoms with van der Waals surface area (Å²) in [4.78, 5) is 43.1. The predicted molar refractivity (Wildman–Crippen MR) is 125 cm³/mol. The van der Waals surface area contributed by atoms with Crippen molar-refractivity contribution in [3.05, 3.63) is 76.9 Å². The van der Waals surface area contributed by atoms with E-state index in [1.807, 2.05) is 37.3 Å². The van der Waals surface area contributed by atoms with Crippen molar-refractivity contribution < 1.29 is 9.59 Å². The van der Waals surface area contributed by atoms with Gasteiger partial charge in [0, 0.05) is 36.5 Å². The summed E-state index contributed by atoms with van der Waals surface area (Å²) in [7, 11) is 0. The standard InChI is InChI=1S/C25H26N6O2/c1-16-20-13-21(32)31(14-17-7-3-2-4-8-17)24(20)29-23(28-16)18-9-6-12-30(15-18)25(33)19-10-5-11-27-22(19)26/h2-5,7-8,10-11,18H,6,9,12-15H2,1H3,(H2,26,27)/t18-/m0/s1. The molecule has 168 valence electrons. The molecule has 1 saturated heterocycles. The summed E-state index contributed by atoms with van der Waals surface area (Å²) in [5.74, 6) is 1.55. The number of piperidine rings is 1. The van der Waals surface area contributed by atoms with E-state index >= 15 is 0 Å². The molecule has 8 nitrogen and oxygen atoms in total. The fourth-order valence-electron chi connectivity index (χ4n) is 4.65. The number of fused-ring (bicyclic) bond motifs is 1. The fraction of sp³-hybridized carbons (Fsp3) is 0.320. The summed E-state index contributed by atoms with van der Waals surface area (Å²) in [6.07, 6.45) is 3.64. The van der Waals surface area contributed by atoms with E-state index in [1.54, 1.807) is 28.1 Å². The van der Waals surface area contributed by atoms with E-state index in [0.717, 1.165) is 29.7 Å². The highest BCUT2D eigenvalue weighted by atomic mass is 16.2. The minimum absolute atomic E-state index is 0.00104. The van der Waals surface area contributed by atoms with Crippen LogP contribution in [0.4, 0.5) is 11.6 Å². The van der Waals surface area contributed by atoms with Crippen molar-refractivity contribution in [3.63, 3.8) is 0 Å². The minimum atomic E-state index is -0.121. The molecule has 0 aliphatic carbocycles. The van der Waals surface area contributed by atoms with Crippen molar-refractivity contribution >= 4 is 23.5 Å². The molecule has 5 rings (SSSR count). The van der Waals surface area contributed by atoms with Gasteiger partial charge in [0.25, 0.3) is 5.91 Å². The first-order valence-corrected chi connectivity index (χ1v) is 11.2. The molecule has 1 aromatic carbocycles. The van der Waals surface area contributed by atoms with E-state index < -0.39 is 0 Å². The molecular weight excluding hydrogens is 416 g/mol. The van der Waals surface area contributed by atoms with Crippen molar-refractivity contribution in [2.24, 2.45) is 0 Å². The van der Waals surface area contributed by atoms with Gasteiger partial charge in [-0.3, -0.25) is 14.5 Å². The van der Waals surface area contributed by atoms with Crippen molar-refractivity contribution in [1.82, 2.24) is 19.9 Å². The second kappa shape index (κ2) is 8.61. The first-order valence-electron chi connectivity index (χ1n) is 11.2. The number of pyridine rings is 1. The molecule has 33 heavy (non-hydrogen) atoms. The smallest absolute Gasteiger partial charge is 0.257 e. The van der Waals surface area contributed by atoms with Gasteiger partial charge in [0.05, 0.1) is 18.5 Å². The second-order valence-electron chi connectivity index (χ2n) is 8.64. The summed E-state index contributed by atoms with van der Waals surface area (Å²) >= 11 is 0. The molecule has 2 aliphatic rings. The van der Waals surface area contributed by atoms with Crippen LogP contribution in [-0.2, 0) is 17.8 Å². The van der Waals surface area contributed by atoms with Gasteiger partial charge in [0.15, 0.2) is 0 Å². The SMILES string of the molecule is Cc1nc([C@H]2CCCN(C(=O)c3cccnc3N)C2)nc2c1CC(=O)N2Cc1ccccc1.